The van der Waals surface area contributed by atoms with Crippen LogP contribution in [0.4, 0.5) is 0 Å². The van der Waals surface area contributed by atoms with E-state index < -0.39 is 0 Å². The summed E-state index contributed by atoms with van der Waals surface area (Å²) in [5.41, 5.74) is 2.53. The number of aryl methyl sites for hydroxylation is 1. The maximum Gasteiger partial charge on any atom is 0.0897 e. The first-order valence-corrected chi connectivity index (χ1v) is 7.68. The maximum absolute atomic E-state index is 4.56. The number of rotatable bonds is 5. The normalized spacial score (nSPS) is 12.6. The summed E-state index contributed by atoms with van der Waals surface area (Å²) in [6.45, 7) is 3.01. The van der Waals surface area contributed by atoms with Gasteiger partial charge in [-0.15, -0.1) is 11.3 Å². The van der Waals surface area contributed by atoms with Gasteiger partial charge in [-0.3, -0.25) is 0 Å². The molecule has 0 radical (unpaired) electrons. The fraction of sp³-hybridized carbons (Fsp3) is 0.357. The molecule has 2 nitrogen and oxygen atoms in total. The molecule has 0 aliphatic heterocycles. The minimum absolute atomic E-state index is 0.451. The van der Waals surface area contributed by atoms with Crippen molar-refractivity contribution in [2.75, 3.05) is 13.6 Å². The van der Waals surface area contributed by atoms with Gasteiger partial charge in [0.1, 0.15) is 0 Å². The van der Waals surface area contributed by atoms with Crippen molar-refractivity contribution in [2.45, 2.75) is 19.3 Å². The van der Waals surface area contributed by atoms with Crippen LogP contribution in [0.3, 0.4) is 0 Å². The molecule has 2 aromatic rings. The van der Waals surface area contributed by atoms with Crippen LogP contribution in [0.2, 0.25) is 0 Å². The Hall–Kier alpha value is -0.710. The van der Waals surface area contributed by atoms with Crippen LogP contribution in [0.1, 0.15) is 22.2 Å². The second kappa shape index (κ2) is 6.45. The van der Waals surface area contributed by atoms with Crippen molar-refractivity contribution < 1.29 is 0 Å². The minimum Gasteiger partial charge on any atom is -0.319 e. The maximum atomic E-state index is 4.56. The van der Waals surface area contributed by atoms with E-state index in [4.69, 9.17) is 0 Å². The predicted octanol–water partition coefficient (Wildman–Crippen LogP) is 3.76. The van der Waals surface area contributed by atoms with Gasteiger partial charge in [0.25, 0.3) is 0 Å². The Kier molecular flexibility index (Phi) is 4.92. The quantitative estimate of drug-likeness (QED) is 0.905. The van der Waals surface area contributed by atoms with E-state index in [9.17, 15) is 0 Å². The number of hydrogen-bond acceptors (Lipinski definition) is 3. The lowest BCUT2D eigenvalue weighted by Crippen LogP contribution is -2.19. The van der Waals surface area contributed by atoms with Gasteiger partial charge >= 0.3 is 0 Å². The standard InChI is InChI=1S/C14H17BrN2S/c1-10-17-12(9-18-10)7-11(8-16-2)13-5-3-4-6-14(13)15/h3-6,9,11,16H,7-8H2,1-2H3. The summed E-state index contributed by atoms with van der Waals surface area (Å²) in [6.07, 6.45) is 0.980. The van der Waals surface area contributed by atoms with E-state index in [1.807, 2.05) is 7.05 Å². The lowest BCUT2D eigenvalue weighted by Gasteiger charge is -2.17. The van der Waals surface area contributed by atoms with E-state index >= 15 is 0 Å². The third kappa shape index (κ3) is 3.40. The van der Waals surface area contributed by atoms with Crippen LogP contribution >= 0.6 is 27.3 Å². The van der Waals surface area contributed by atoms with E-state index in [-0.39, 0.29) is 0 Å². The Balaban J connectivity index is 2.20. The number of nitrogens with one attached hydrogen (secondary N) is 1. The molecule has 18 heavy (non-hydrogen) atoms. The van der Waals surface area contributed by atoms with Gasteiger partial charge in [0, 0.05) is 22.3 Å². The topological polar surface area (TPSA) is 24.9 Å². The van der Waals surface area contributed by atoms with Crippen LogP contribution in [0, 0.1) is 6.92 Å². The molecule has 0 saturated heterocycles. The van der Waals surface area contributed by atoms with Crippen LogP contribution < -0.4 is 5.32 Å². The molecule has 0 bridgehead atoms. The summed E-state index contributed by atoms with van der Waals surface area (Å²) >= 11 is 5.36. The smallest absolute Gasteiger partial charge is 0.0897 e. The summed E-state index contributed by atoms with van der Waals surface area (Å²) in [7, 11) is 2.00. The second-order valence-corrected chi connectivity index (χ2v) is 6.25. The van der Waals surface area contributed by atoms with Gasteiger partial charge in [-0.2, -0.15) is 0 Å². The average Bonchev–Trinajstić information content (AvgIpc) is 2.75. The molecular formula is C14H17BrN2S. The molecule has 1 N–H and O–H groups in total. The Morgan fingerprint density at radius 1 is 1.39 bits per heavy atom. The molecule has 4 heteroatoms. The number of halogens is 1. The van der Waals surface area contributed by atoms with Crippen LogP contribution in [-0.2, 0) is 6.42 Å². The first-order chi connectivity index (χ1) is 8.70. The van der Waals surface area contributed by atoms with Gasteiger partial charge in [0.05, 0.1) is 10.7 Å². The number of likely N-dealkylation sites (N-methyl/N-ethyl adjacent to an activating group) is 1. The average molecular weight is 325 g/mol. The molecule has 0 spiro atoms. The van der Waals surface area contributed by atoms with Gasteiger partial charge in [-0.1, -0.05) is 34.1 Å². The number of thiazole rings is 1. The lowest BCUT2D eigenvalue weighted by molar-refractivity contribution is 0.617. The Morgan fingerprint density at radius 3 is 2.78 bits per heavy atom. The third-order valence-electron chi connectivity index (χ3n) is 2.92. The molecule has 0 fully saturated rings. The second-order valence-electron chi connectivity index (χ2n) is 4.34. The minimum atomic E-state index is 0.451. The Bertz CT molecular complexity index is 510. The monoisotopic (exact) mass is 324 g/mol. The van der Waals surface area contributed by atoms with Gasteiger partial charge in [0.15, 0.2) is 0 Å². The van der Waals surface area contributed by atoms with Crippen molar-refractivity contribution in [3.8, 4) is 0 Å². The van der Waals surface area contributed by atoms with Crippen molar-refractivity contribution in [1.29, 1.82) is 0 Å². The van der Waals surface area contributed by atoms with Gasteiger partial charge in [-0.25, -0.2) is 4.98 Å². The molecule has 0 saturated carbocycles. The Labute approximate surface area is 121 Å². The molecule has 0 aliphatic carbocycles. The van der Waals surface area contributed by atoms with Crippen LogP contribution in [0.25, 0.3) is 0 Å². The van der Waals surface area contributed by atoms with Crippen molar-refractivity contribution in [2.24, 2.45) is 0 Å². The largest absolute Gasteiger partial charge is 0.319 e. The van der Waals surface area contributed by atoms with E-state index in [0.29, 0.717) is 5.92 Å². The molecule has 1 unspecified atom stereocenters. The van der Waals surface area contributed by atoms with Crippen LogP contribution in [0.5, 0.6) is 0 Å². The molecule has 0 aliphatic rings. The zero-order chi connectivity index (χ0) is 13.0. The highest BCUT2D eigenvalue weighted by molar-refractivity contribution is 9.10. The van der Waals surface area contributed by atoms with Crippen molar-refractivity contribution in [1.82, 2.24) is 10.3 Å². The molecule has 0 amide bonds. The first-order valence-electron chi connectivity index (χ1n) is 6.00. The highest BCUT2D eigenvalue weighted by Gasteiger charge is 2.15. The number of aromatic nitrogens is 1. The van der Waals surface area contributed by atoms with Gasteiger partial charge < -0.3 is 5.32 Å². The van der Waals surface area contributed by atoms with E-state index in [1.54, 1.807) is 11.3 Å². The summed E-state index contributed by atoms with van der Waals surface area (Å²) in [5.74, 6) is 0.451. The fourth-order valence-corrected chi connectivity index (χ4v) is 3.33. The highest BCUT2D eigenvalue weighted by Crippen LogP contribution is 2.27. The third-order valence-corrected chi connectivity index (χ3v) is 4.46. The van der Waals surface area contributed by atoms with E-state index in [2.05, 4.69) is 62.8 Å². The fourth-order valence-electron chi connectivity index (χ4n) is 2.10. The van der Waals surface area contributed by atoms with Gasteiger partial charge in [-0.05, 0) is 32.0 Å². The summed E-state index contributed by atoms with van der Waals surface area (Å²) in [5, 5.41) is 6.58. The van der Waals surface area contributed by atoms with Crippen LogP contribution in [0.15, 0.2) is 34.1 Å². The molecule has 1 aromatic heterocycles. The highest BCUT2D eigenvalue weighted by atomic mass is 79.9. The van der Waals surface area contributed by atoms with E-state index in [0.717, 1.165) is 18.0 Å². The van der Waals surface area contributed by atoms with Gasteiger partial charge in [0.2, 0.25) is 0 Å². The number of nitrogens with zero attached hydrogens (tertiary/aromatic N) is 1. The predicted molar refractivity (Wildman–Crippen MR) is 81.4 cm³/mol. The molecule has 1 atom stereocenters. The molecule has 1 aromatic carbocycles. The van der Waals surface area contributed by atoms with Crippen LogP contribution in [-0.4, -0.2) is 18.6 Å². The molecular weight excluding hydrogens is 308 g/mol. The zero-order valence-electron chi connectivity index (χ0n) is 10.6. The van der Waals surface area contributed by atoms with Crippen molar-refractivity contribution >= 4 is 27.3 Å². The lowest BCUT2D eigenvalue weighted by atomic mass is 9.94. The van der Waals surface area contributed by atoms with E-state index in [1.165, 1.54) is 15.7 Å². The number of hydrogen-bond donors (Lipinski definition) is 1. The molecule has 2 rings (SSSR count). The van der Waals surface area contributed by atoms with Crippen molar-refractivity contribution in [3.63, 3.8) is 0 Å². The zero-order valence-corrected chi connectivity index (χ0v) is 13.0. The van der Waals surface area contributed by atoms with Crippen molar-refractivity contribution in [3.05, 3.63) is 50.4 Å². The number of benzene rings is 1. The molecule has 1 heterocycles. The first kappa shape index (κ1) is 13.7. The Morgan fingerprint density at radius 2 is 2.17 bits per heavy atom. The summed E-state index contributed by atoms with van der Waals surface area (Å²) in [4.78, 5) is 4.56. The summed E-state index contributed by atoms with van der Waals surface area (Å²) in [6, 6.07) is 8.43. The molecule has 96 valence electrons. The summed E-state index contributed by atoms with van der Waals surface area (Å²) < 4.78 is 1.18. The SMILES string of the molecule is CNCC(Cc1csc(C)n1)c1ccccc1Br.